The van der Waals surface area contributed by atoms with Gasteiger partial charge in [0.05, 0.1) is 0 Å². The summed E-state index contributed by atoms with van der Waals surface area (Å²) in [6.07, 6.45) is 13.4. The Labute approximate surface area is 119 Å². The lowest BCUT2D eigenvalue weighted by Gasteiger charge is -2.40. The minimum Gasteiger partial charge on any atom is -0.378 e. The molecular formula is C17H32N2. The molecule has 0 aromatic rings. The van der Waals surface area contributed by atoms with Crippen molar-refractivity contribution >= 4 is 0 Å². The van der Waals surface area contributed by atoms with E-state index in [0.29, 0.717) is 0 Å². The van der Waals surface area contributed by atoms with Gasteiger partial charge >= 0.3 is 0 Å². The summed E-state index contributed by atoms with van der Waals surface area (Å²) in [6, 6.07) is 1.60. The van der Waals surface area contributed by atoms with Crippen molar-refractivity contribution < 1.29 is 0 Å². The van der Waals surface area contributed by atoms with Gasteiger partial charge in [0.15, 0.2) is 0 Å². The summed E-state index contributed by atoms with van der Waals surface area (Å²) in [4.78, 5) is 4.74. The quantitative estimate of drug-likeness (QED) is 0.763. The van der Waals surface area contributed by atoms with Crippen LogP contribution in [0.4, 0.5) is 0 Å². The smallest absolute Gasteiger partial charge is 0.0281 e. The number of rotatable bonds is 4. The minimum atomic E-state index is 0.756. The molecule has 0 bridgehead atoms. The summed E-state index contributed by atoms with van der Waals surface area (Å²) in [7, 11) is 6.66. The van der Waals surface area contributed by atoms with Gasteiger partial charge in [-0.15, -0.1) is 0 Å². The van der Waals surface area contributed by atoms with Crippen LogP contribution in [-0.2, 0) is 0 Å². The normalized spacial score (nSPS) is 36.2. The van der Waals surface area contributed by atoms with Crippen molar-refractivity contribution in [3.05, 3.63) is 12.8 Å². The average Bonchev–Trinajstić information content (AvgIpc) is 2.46. The SMILES string of the molecule is C=CN(C)C1CCC(C2CCC(N(C)C)CC2)CC1. The van der Waals surface area contributed by atoms with Crippen LogP contribution in [-0.4, -0.2) is 43.0 Å². The third-order valence-electron chi connectivity index (χ3n) is 5.74. The van der Waals surface area contributed by atoms with Gasteiger partial charge < -0.3 is 9.80 Å². The van der Waals surface area contributed by atoms with Crippen LogP contribution >= 0.6 is 0 Å². The Hall–Kier alpha value is -0.500. The maximum absolute atomic E-state index is 3.89. The van der Waals surface area contributed by atoms with E-state index in [-0.39, 0.29) is 0 Å². The van der Waals surface area contributed by atoms with Crippen LogP contribution in [0.5, 0.6) is 0 Å². The molecule has 0 amide bonds. The van der Waals surface area contributed by atoms with Crippen molar-refractivity contribution in [2.24, 2.45) is 11.8 Å². The molecule has 0 spiro atoms. The highest BCUT2D eigenvalue weighted by Crippen LogP contribution is 2.39. The Kier molecular flexibility index (Phi) is 5.32. The second kappa shape index (κ2) is 6.78. The molecule has 0 atom stereocenters. The fourth-order valence-electron chi connectivity index (χ4n) is 4.22. The molecule has 110 valence electrons. The lowest BCUT2D eigenvalue weighted by Crippen LogP contribution is -2.37. The van der Waals surface area contributed by atoms with Crippen LogP contribution in [0.2, 0.25) is 0 Å². The average molecular weight is 264 g/mol. The zero-order valence-corrected chi connectivity index (χ0v) is 13.1. The molecule has 2 aliphatic rings. The van der Waals surface area contributed by atoms with Crippen molar-refractivity contribution in [2.75, 3.05) is 21.1 Å². The fraction of sp³-hybridized carbons (Fsp3) is 0.882. The van der Waals surface area contributed by atoms with Crippen molar-refractivity contribution in [3.8, 4) is 0 Å². The Morgan fingerprint density at radius 1 is 0.737 bits per heavy atom. The lowest BCUT2D eigenvalue weighted by atomic mass is 9.71. The molecule has 0 saturated heterocycles. The van der Waals surface area contributed by atoms with Crippen LogP contribution in [0.25, 0.3) is 0 Å². The first-order chi connectivity index (χ1) is 9.11. The molecule has 0 radical (unpaired) electrons. The number of hydrogen-bond acceptors (Lipinski definition) is 2. The first-order valence-corrected chi connectivity index (χ1v) is 8.12. The number of hydrogen-bond donors (Lipinski definition) is 0. The van der Waals surface area contributed by atoms with E-state index in [2.05, 4.69) is 37.5 Å². The third kappa shape index (κ3) is 3.75. The number of nitrogens with zero attached hydrogens (tertiary/aromatic N) is 2. The zero-order chi connectivity index (χ0) is 13.8. The second-order valence-electron chi connectivity index (χ2n) is 6.95. The van der Waals surface area contributed by atoms with Gasteiger partial charge in [0.1, 0.15) is 0 Å². The first kappa shape index (κ1) is 14.9. The first-order valence-electron chi connectivity index (χ1n) is 8.12. The molecule has 2 aliphatic carbocycles. The molecule has 19 heavy (non-hydrogen) atoms. The summed E-state index contributed by atoms with van der Waals surface area (Å²) in [5.41, 5.74) is 0. The van der Waals surface area contributed by atoms with Gasteiger partial charge in [0.2, 0.25) is 0 Å². The van der Waals surface area contributed by atoms with Crippen molar-refractivity contribution in [1.29, 1.82) is 0 Å². The highest BCUT2D eigenvalue weighted by atomic mass is 15.1. The van der Waals surface area contributed by atoms with Gasteiger partial charge in [0, 0.05) is 19.1 Å². The standard InChI is InChI=1S/C17H32N2/c1-5-19(4)17-12-8-15(9-13-17)14-6-10-16(11-7-14)18(2)3/h5,14-17H,1,6-13H2,2-4H3. The molecule has 2 fully saturated rings. The van der Waals surface area contributed by atoms with Gasteiger partial charge in [-0.1, -0.05) is 6.58 Å². The lowest BCUT2D eigenvalue weighted by molar-refractivity contribution is 0.116. The van der Waals surface area contributed by atoms with E-state index in [0.717, 1.165) is 23.9 Å². The Balaban J connectivity index is 1.75. The van der Waals surface area contributed by atoms with Crippen LogP contribution in [0, 0.1) is 11.8 Å². The molecule has 0 heterocycles. The monoisotopic (exact) mass is 264 g/mol. The van der Waals surface area contributed by atoms with Crippen LogP contribution in [0.3, 0.4) is 0 Å². The van der Waals surface area contributed by atoms with Crippen molar-refractivity contribution in [3.63, 3.8) is 0 Å². The fourth-order valence-corrected chi connectivity index (χ4v) is 4.22. The molecule has 0 N–H and O–H groups in total. The molecular weight excluding hydrogens is 232 g/mol. The van der Waals surface area contributed by atoms with Crippen LogP contribution in [0.1, 0.15) is 51.4 Å². The van der Waals surface area contributed by atoms with Gasteiger partial charge in [0.25, 0.3) is 0 Å². The molecule has 0 aromatic carbocycles. The minimum absolute atomic E-state index is 0.756. The summed E-state index contributed by atoms with van der Waals surface area (Å²) in [5, 5.41) is 0. The van der Waals surface area contributed by atoms with Gasteiger partial charge in [-0.2, -0.15) is 0 Å². The summed E-state index contributed by atoms with van der Waals surface area (Å²) in [5.74, 6) is 2.03. The maximum atomic E-state index is 3.89. The predicted octanol–water partition coefficient (Wildman–Crippen LogP) is 3.74. The van der Waals surface area contributed by atoms with Gasteiger partial charge in [-0.25, -0.2) is 0 Å². The van der Waals surface area contributed by atoms with Crippen LogP contribution < -0.4 is 0 Å². The van der Waals surface area contributed by atoms with E-state index in [1.807, 2.05) is 6.20 Å². The van der Waals surface area contributed by atoms with Crippen molar-refractivity contribution in [2.45, 2.75) is 63.5 Å². The molecule has 2 nitrogen and oxygen atoms in total. The Morgan fingerprint density at radius 2 is 1.16 bits per heavy atom. The highest BCUT2D eigenvalue weighted by Gasteiger charge is 2.31. The maximum Gasteiger partial charge on any atom is 0.0281 e. The van der Waals surface area contributed by atoms with E-state index < -0.39 is 0 Å². The Morgan fingerprint density at radius 3 is 1.53 bits per heavy atom. The topological polar surface area (TPSA) is 6.48 Å². The van der Waals surface area contributed by atoms with Gasteiger partial charge in [-0.05, 0) is 83.5 Å². The van der Waals surface area contributed by atoms with E-state index in [4.69, 9.17) is 0 Å². The molecule has 2 rings (SSSR count). The molecule has 0 unspecified atom stereocenters. The summed E-state index contributed by atoms with van der Waals surface area (Å²) >= 11 is 0. The van der Waals surface area contributed by atoms with E-state index >= 15 is 0 Å². The third-order valence-corrected chi connectivity index (χ3v) is 5.74. The summed E-state index contributed by atoms with van der Waals surface area (Å²) < 4.78 is 0. The molecule has 0 aliphatic heterocycles. The Bertz CT molecular complexity index is 271. The molecule has 2 heteroatoms. The largest absolute Gasteiger partial charge is 0.378 e. The van der Waals surface area contributed by atoms with E-state index in [1.165, 1.54) is 51.4 Å². The summed E-state index contributed by atoms with van der Waals surface area (Å²) in [6.45, 7) is 3.89. The van der Waals surface area contributed by atoms with Gasteiger partial charge in [-0.3, -0.25) is 0 Å². The van der Waals surface area contributed by atoms with Crippen LogP contribution in [0.15, 0.2) is 12.8 Å². The van der Waals surface area contributed by atoms with E-state index in [9.17, 15) is 0 Å². The molecule has 2 saturated carbocycles. The second-order valence-corrected chi connectivity index (χ2v) is 6.95. The van der Waals surface area contributed by atoms with E-state index in [1.54, 1.807) is 0 Å². The zero-order valence-electron chi connectivity index (χ0n) is 13.1. The predicted molar refractivity (Wildman–Crippen MR) is 83.1 cm³/mol. The highest BCUT2D eigenvalue weighted by molar-refractivity contribution is 4.87. The van der Waals surface area contributed by atoms with Crippen molar-refractivity contribution in [1.82, 2.24) is 9.80 Å². The molecule has 0 aromatic heterocycles.